The van der Waals surface area contributed by atoms with Crippen molar-refractivity contribution in [1.82, 2.24) is 9.80 Å². The van der Waals surface area contributed by atoms with Crippen LogP contribution >= 0.6 is 0 Å². The molecule has 0 bridgehead atoms. The normalized spacial score (nSPS) is 16.1. The number of hydrogen-bond donors (Lipinski definition) is 0. The molecule has 26 heavy (non-hydrogen) atoms. The lowest BCUT2D eigenvalue weighted by Crippen LogP contribution is -2.32. The molecule has 3 heteroatoms. The van der Waals surface area contributed by atoms with Gasteiger partial charge >= 0.3 is 0 Å². The summed E-state index contributed by atoms with van der Waals surface area (Å²) in [6, 6.07) is 19.5. The van der Waals surface area contributed by atoms with E-state index >= 15 is 0 Å². The van der Waals surface area contributed by atoms with Crippen molar-refractivity contribution in [2.45, 2.75) is 25.8 Å². The molecule has 1 aliphatic heterocycles. The summed E-state index contributed by atoms with van der Waals surface area (Å²) in [6.07, 6.45) is 3.41. The predicted molar refractivity (Wildman–Crippen MR) is 108 cm³/mol. The Hall–Kier alpha value is -1.84. The summed E-state index contributed by atoms with van der Waals surface area (Å²) >= 11 is 0. The minimum absolute atomic E-state index is 0.780. The van der Waals surface area contributed by atoms with Gasteiger partial charge in [-0.15, -0.1) is 0 Å². The highest BCUT2D eigenvalue weighted by Gasteiger charge is 2.20. The Bertz CT molecular complexity index is 631. The van der Waals surface area contributed by atoms with Crippen LogP contribution in [0.2, 0.25) is 0 Å². The molecule has 1 radical (unpaired) electrons. The van der Waals surface area contributed by atoms with Crippen molar-refractivity contribution in [3.8, 4) is 5.75 Å². The van der Waals surface area contributed by atoms with Crippen LogP contribution in [0, 0.1) is 5.92 Å². The van der Waals surface area contributed by atoms with Gasteiger partial charge in [-0.05, 0) is 69.7 Å². The van der Waals surface area contributed by atoms with Crippen molar-refractivity contribution in [3.05, 3.63) is 71.6 Å². The van der Waals surface area contributed by atoms with Crippen molar-refractivity contribution >= 4 is 0 Å². The summed E-state index contributed by atoms with van der Waals surface area (Å²) in [7, 11) is 4.19. The summed E-state index contributed by atoms with van der Waals surface area (Å²) in [5.74, 6) is 2.58. The lowest BCUT2D eigenvalue weighted by Gasteiger charge is -2.31. The Morgan fingerprint density at radius 1 is 0.923 bits per heavy atom. The van der Waals surface area contributed by atoms with Gasteiger partial charge in [0.15, 0.2) is 0 Å². The Labute approximate surface area is 158 Å². The molecule has 0 N–H and O–H groups in total. The molecule has 0 atom stereocenters. The molecule has 1 heterocycles. The fourth-order valence-electron chi connectivity index (χ4n) is 3.46. The SMILES string of the molecule is CN(C)CCCOc1ccc(CN2CC[C](c3ccccc3)CC2)cc1. The van der Waals surface area contributed by atoms with Gasteiger partial charge in [0.2, 0.25) is 0 Å². The van der Waals surface area contributed by atoms with Crippen LogP contribution in [0.1, 0.15) is 30.4 Å². The second kappa shape index (κ2) is 9.75. The number of piperidine rings is 1. The van der Waals surface area contributed by atoms with E-state index in [0.717, 1.165) is 45.0 Å². The standard InChI is InChI=1S/C23H31N2O/c1-24(2)15-6-18-26-23-11-9-20(10-12-23)19-25-16-13-22(14-17-25)21-7-4-3-5-8-21/h3-5,7-12H,6,13-19H2,1-2H3. The highest BCUT2D eigenvalue weighted by atomic mass is 16.5. The van der Waals surface area contributed by atoms with Crippen LogP contribution in [0.5, 0.6) is 5.75 Å². The summed E-state index contributed by atoms with van der Waals surface area (Å²) in [6.45, 7) is 5.17. The lowest BCUT2D eigenvalue weighted by atomic mass is 9.89. The molecule has 3 nitrogen and oxygen atoms in total. The first-order valence-corrected chi connectivity index (χ1v) is 9.69. The molecule has 0 unspecified atom stereocenters. The second-order valence-corrected chi connectivity index (χ2v) is 7.39. The molecule has 0 amide bonds. The van der Waals surface area contributed by atoms with Gasteiger partial charge in [0.05, 0.1) is 6.61 Å². The van der Waals surface area contributed by atoms with E-state index in [0.29, 0.717) is 0 Å². The van der Waals surface area contributed by atoms with Crippen LogP contribution in [0.15, 0.2) is 54.6 Å². The van der Waals surface area contributed by atoms with E-state index in [1.54, 1.807) is 5.92 Å². The van der Waals surface area contributed by atoms with Gasteiger partial charge in [0.25, 0.3) is 0 Å². The molecule has 2 aromatic carbocycles. The number of rotatable bonds is 8. The number of ether oxygens (including phenoxy) is 1. The first-order valence-electron chi connectivity index (χ1n) is 9.69. The van der Waals surface area contributed by atoms with E-state index in [2.05, 4.69) is 78.5 Å². The van der Waals surface area contributed by atoms with Crippen molar-refractivity contribution < 1.29 is 4.74 Å². The summed E-state index contributed by atoms with van der Waals surface area (Å²) in [4.78, 5) is 4.74. The third kappa shape index (κ3) is 5.86. The highest BCUT2D eigenvalue weighted by molar-refractivity contribution is 5.31. The Balaban J connectivity index is 1.41. The molecular weight excluding hydrogens is 320 g/mol. The van der Waals surface area contributed by atoms with Gasteiger partial charge in [-0.3, -0.25) is 4.90 Å². The van der Waals surface area contributed by atoms with Crippen LogP contribution in [0.3, 0.4) is 0 Å². The average molecular weight is 352 g/mol. The van der Waals surface area contributed by atoms with Crippen molar-refractivity contribution in [2.24, 2.45) is 0 Å². The molecule has 0 aliphatic carbocycles. The third-order valence-electron chi connectivity index (χ3n) is 4.99. The summed E-state index contributed by atoms with van der Waals surface area (Å²) < 4.78 is 5.82. The first kappa shape index (κ1) is 18.9. The molecule has 1 fully saturated rings. The van der Waals surface area contributed by atoms with Crippen LogP contribution < -0.4 is 4.74 Å². The minimum Gasteiger partial charge on any atom is -0.494 e. The minimum atomic E-state index is 0.780. The van der Waals surface area contributed by atoms with Crippen LogP contribution in [-0.4, -0.2) is 50.1 Å². The van der Waals surface area contributed by atoms with Gasteiger partial charge in [0.1, 0.15) is 5.75 Å². The third-order valence-corrected chi connectivity index (χ3v) is 4.99. The quantitative estimate of drug-likeness (QED) is 0.662. The molecule has 139 valence electrons. The maximum atomic E-state index is 5.82. The summed E-state index contributed by atoms with van der Waals surface area (Å²) in [5, 5.41) is 0. The molecule has 1 saturated heterocycles. The zero-order valence-corrected chi connectivity index (χ0v) is 16.2. The van der Waals surface area contributed by atoms with Crippen molar-refractivity contribution in [2.75, 3.05) is 40.3 Å². The van der Waals surface area contributed by atoms with E-state index < -0.39 is 0 Å². The molecule has 3 rings (SSSR count). The van der Waals surface area contributed by atoms with Gasteiger partial charge in [-0.25, -0.2) is 0 Å². The van der Waals surface area contributed by atoms with Crippen molar-refractivity contribution in [1.29, 1.82) is 0 Å². The maximum absolute atomic E-state index is 5.82. The predicted octanol–water partition coefficient (Wildman–Crippen LogP) is 4.24. The van der Waals surface area contributed by atoms with Gasteiger partial charge in [-0.1, -0.05) is 42.5 Å². The topological polar surface area (TPSA) is 15.7 Å². The van der Waals surface area contributed by atoms with E-state index in [1.807, 2.05) is 0 Å². The number of nitrogens with zero attached hydrogens (tertiary/aromatic N) is 2. The van der Waals surface area contributed by atoms with Crippen LogP contribution in [-0.2, 0) is 6.54 Å². The molecule has 0 spiro atoms. The maximum Gasteiger partial charge on any atom is 0.119 e. The molecule has 0 aromatic heterocycles. The van der Waals surface area contributed by atoms with E-state index in [4.69, 9.17) is 4.74 Å². The fraction of sp³-hybridized carbons (Fsp3) is 0.435. The monoisotopic (exact) mass is 351 g/mol. The Kier molecular flexibility index (Phi) is 7.10. The number of hydrogen-bond acceptors (Lipinski definition) is 3. The average Bonchev–Trinajstić information content (AvgIpc) is 2.68. The van der Waals surface area contributed by atoms with E-state index in [1.165, 1.54) is 24.0 Å². The smallest absolute Gasteiger partial charge is 0.119 e. The summed E-state index contributed by atoms with van der Waals surface area (Å²) in [5.41, 5.74) is 2.79. The zero-order chi connectivity index (χ0) is 18.2. The molecule has 2 aromatic rings. The Morgan fingerprint density at radius 2 is 1.62 bits per heavy atom. The van der Waals surface area contributed by atoms with Gasteiger partial charge in [-0.2, -0.15) is 0 Å². The number of benzene rings is 2. The Morgan fingerprint density at radius 3 is 2.27 bits per heavy atom. The molecular formula is C23H31N2O. The first-order chi connectivity index (χ1) is 12.7. The molecule has 1 aliphatic rings. The highest BCUT2D eigenvalue weighted by Crippen LogP contribution is 2.27. The van der Waals surface area contributed by atoms with E-state index in [-0.39, 0.29) is 0 Å². The van der Waals surface area contributed by atoms with Crippen LogP contribution in [0.4, 0.5) is 0 Å². The van der Waals surface area contributed by atoms with Crippen molar-refractivity contribution in [3.63, 3.8) is 0 Å². The zero-order valence-electron chi connectivity index (χ0n) is 16.2. The van der Waals surface area contributed by atoms with E-state index in [9.17, 15) is 0 Å². The second-order valence-electron chi connectivity index (χ2n) is 7.39. The van der Waals surface area contributed by atoms with Gasteiger partial charge in [0, 0.05) is 19.0 Å². The van der Waals surface area contributed by atoms with Crippen LogP contribution in [0.25, 0.3) is 0 Å². The number of likely N-dealkylation sites (tertiary alicyclic amines) is 1. The lowest BCUT2D eigenvalue weighted by molar-refractivity contribution is 0.236. The fourth-order valence-corrected chi connectivity index (χ4v) is 3.46. The largest absolute Gasteiger partial charge is 0.494 e. The van der Waals surface area contributed by atoms with Gasteiger partial charge < -0.3 is 9.64 Å². The molecule has 0 saturated carbocycles.